The summed E-state index contributed by atoms with van der Waals surface area (Å²) >= 11 is 1.68. The Morgan fingerprint density at radius 2 is 1.70 bits per heavy atom. The van der Waals surface area contributed by atoms with Crippen LogP contribution in [0.4, 0.5) is 0 Å². The largest absolute Gasteiger partial charge is 0.508 e. The van der Waals surface area contributed by atoms with Crippen molar-refractivity contribution in [2.45, 2.75) is 23.5 Å². The van der Waals surface area contributed by atoms with E-state index in [1.165, 1.54) is 0 Å². The third kappa shape index (κ3) is 2.75. The highest BCUT2D eigenvalue weighted by Gasteiger charge is 2.36. The Labute approximate surface area is 140 Å². The van der Waals surface area contributed by atoms with Gasteiger partial charge in [-0.1, -0.05) is 18.2 Å². The smallest absolute Gasteiger partial charge is 0.165 e. The standard InChI is InChI=1S/C18H20O4S/c1-10-15-13(8-9-14(21-2)17(15)22-3)16(20)18(23-10)11-4-6-12(19)7-5-11/h4-10,16,18-20H,1-3H3. The molecule has 4 nitrogen and oxygen atoms in total. The molecule has 3 rings (SSSR count). The number of thioether (sulfide) groups is 1. The van der Waals surface area contributed by atoms with Crippen LogP contribution in [0.5, 0.6) is 17.2 Å². The fraction of sp³-hybridized carbons (Fsp3) is 0.333. The summed E-state index contributed by atoms with van der Waals surface area (Å²) in [7, 11) is 3.23. The third-order valence-electron chi connectivity index (χ3n) is 4.20. The van der Waals surface area contributed by atoms with Gasteiger partial charge in [0, 0.05) is 10.8 Å². The maximum absolute atomic E-state index is 10.9. The van der Waals surface area contributed by atoms with E-state index in [0.29, 0.717) is 11.5 Å². The van der Waals surface area contributed by atoms with Gasteiger partial charge in [-0.2, -0.15) is 0 Å². The maximum atomic E-state index is 10.9. The van der Waals surface area contributed by atoms with Crippen molar-refractivity contribution in [1.29, 1.82) is 0 Å². The van der Waals surface area contributed by atoms with Crippen molar-refractivity contribution in [2.75, 3.05) is 14.2 Å². The molecule has 0 bridgehead atoms. The van der Waals surface area contributed by atoms with Crippen LogP contribution in [0.2, 0.25) is 0 Å². The molecule has 0 fully saturated rings. The molecular formula is C18H20O4S. The van der Waals surface area contributed by atoms with Crippen LogP contribution >= 0.6 is 11.8 Å². The van der Waals surface area contributed by atoms with Crippen LogP contribution in [0, 0.1) is 0 Å². The molecule has 2 aromatic carbocycles. The highest BCUT2D eigenvalue weighted by Crippen LogP contribution is 2.57. The molecule has 0 saturated heterocycles. The number of fused-ring (bicyclic) bond motifs is 1. The van der Waals surface area contributed by atoms with E-state index < -0.39 is 6.10 Å². The van der Waals surface area contributed by atoms with Gasteiger partial charge in [-0.3, -0.25) is 0 Å². The molecule has 3 unspecified atom stereocenters. The minimum absolute atomic E-state index is 0.0869. The number of benzene rings is 2. The Hall–Kier alpha value is -1.85. The quantitative estimate of drug-likeness (QED) is 0.890. The second kappa shape index (κ2) is 6.34. The number of rotatable bonds is 3. The molecule has 0 aliphatic carbocycles. The van der Waals surface area contributed by atoms with Gasteiger partial charge in [0.15, 0.2) is 11.5 Å². The lowest BCUT2D eigenvalue weighted by Crippen LogP contribution is -2.18. The predicted octanol–water partition coefficient (Wildman–Crippen LogP) is 3.99. The second-order valence-corrected chi connectivity index (χ2v) is 7.03. The van der Waals surface area contributed by atoms with Crippen molar-refractivity contribution >= 4 is 11.8 Å². The van der Waals surface area contributed by atoms with Crippen molar-refractivity contribution in [2.24, 2.45) is 0 Å². The van der Waals surface area contributed by atoms with E-state index in [4.69, 9.17) is 9.47 Å². The van der Waals surface area contributed by atoms with E-state index in [1.54, 1.807) is 38.1 Å². The number of hydrogen-bond donors (Lipinski definition) is 2. The molecule has 5 heteroatoms. The molecule has 122 valence electrons. The number of phenolic OH excluding ortho intramolecular Hbond substituents is 1. The monoisotopic (exact) mass is 332 g/mol. The molecule has 0 saturated carbocycles. The molecule has 1 aliphatic rings. The molecule has 0 radical (unpaired) electrons. The van der Waals surface area contributed by atoms with Gasteiger partial charge in [0.25, 0.3) is 0 Å². The number of hydrogen-bond acceptors (Lipinski definition) is 5. The number of ether oxygens (including phenoxy) is 2. The van der Waals surface area contributed by atoms with Crippen molar-refractivity contribution in [3.8, 4) is 17.2 Å². The first kappa shape index (κ1) is 16.0. The lowest BCUT2D eigenvalue weighted by atomic mass is 9.93. The van der Waals surface area contributed by atoms with Gasteiger partial charge in [0.2, 0.25) is 0 Å². The Morgan fingerprint density at radius 1 is 1.00 bits per heavy atom. The summed E-state index contributed by atoms with van der Waals surface area (Å²) in [4.78, 5) is 0. The number of methoxy groups -OCH3 is 2. The molecule has 1 heterocycles. The van der Waals surface area contributed by atoms with Crippen LogP contribution in [0.1, 0.15) is 40.2 Å². The van der Waals surface area contributed by atoms with Gasteiger partial charge in [0.1, 0.15) is 5.75 Å². The van der Waals surface area contributed by atoms with Crippen LogP contribution < -0.4 is 9.47 Å². The molecule has 0 amide bonds. The highest BCUT2D eigenvalue weighted by molar-refractivity contribution is 7.99. The van der Waals surface area contributed by atoms with Gasteiger partial charge in [0.05, 0.1) is 25.6 Å². The molecule has 0 aromatic heterocycles. The summed E-state index contributed by atoms with van der Waals surface area (Å²) in [5.41, 5.74) is 2.85. The summed E-state index contributed by atoms with van der Waals surface area (Å²) in [6, 6.07) is 10.8. The third-order valence-corrected chi connectivity index (χ3v) is 5.67. The fourth-order valence-corrected chi connectivity index (χ4v) is 4.52. The topological polar surface area (TPSA) is 58.9 Å². The number of phenols is 1. The molecule has 23 heavy (non-hydrogen) atoms. The zero-order chi connectivity index (χ0) is 16.6. The second-order valence-electron chi connectivity index (χ2n) is 5.54. The normalized spacial score (nSPS) is 23.2. The van der Waals surface area contributed by atoms with Crippen molar-refractivity contribution in [1.82, 2.24) is 0 Å². The molecule has 2 N–H and O–H groups in total. The lowest BCUT2D eigenvalue weighted by molar-refractivity contribution is 0.170. The molecule has 1 aliphatic heterocycles. The molecule has 2 aromatic rings. The minimum Gasteiger partial charge on any atom is -0.508 e. The minimum atomic E-state index is -0.643. The highest BCUT2D eigenvalue weighted by atomic mass is 32.2. The summed E-state index contributed by atoms with van der Waals surface area (Å²) < 4.78 is 10.9. The Kier molecular flexibility index (Phi) is 4.41. The first-order chi connectivity index (χ1) is 11.1. The van der Waals surface area contributed by atoms with Crippen molar-refractivity contribution < 1.29 is 19.7 Å². The van der Waals surface area contributed by atoms with Gasteiger partial charge in [-0.15, -0.1) is 11.8 Å². The van der Waals surface area contributed by atoms with Crippen LogP contribution in [0.15, 0.2) is 36.4 Å². The van der Waals surface area contributed by atoms with Crippen LogP contribution in [0.25, 0.3) is 0 Å². The first-order valence-electron chi connectivity index (χ1n) is 7.44. The molecule has 0 spiro atoms. The van der Waals surface area contributed by atoms with Crippen LogP contribution in [-0.4, -0.2) is 24.4 Å². The summed E-state index contributed by atoms with van der Waals surface area (Å²) in [6.45, 7) is 2.10. The lowest BCUT2D eigenvalue weighted by Gasteiger charge is -2.35. The van der Waals surface area contributed by atoms with Gasteiger partial charge in [-0.25, -0.2) is 0 Å². The predicted molar refractivity (Wildman–Crippen MR) is 91.4 cm³/mol. The molecular weight excluding hydrogens is 312 g/mol. The Bertz CT molecular complexity index is 699. The summed E-state index contributed by atoms with van der Waals surface area (Å²) in [5.74, 6) is 1.59. The average molecular weight is 332 g/mol. The first-order valence-corrected chi connectivity index (χ1v) is 8.38. The van der Waals surface area contributed by atoms with Gasteiger partial charge in [-0.05, 0) is 36.2 Å². The Morgan fingerprint density at radius 3 is 2.30 bits per heavy atom. The number of aliphatic hydroxyl groups excluding tert-OH is 1. The summed E-state index contributed by atoms with van der Waals surface area (Å²) in [6.07, 6.45) is -0.643. The Balaban J connectivity index is 2.06. The van der Waals surface area contributed by atoms with Crippen molar-refractivity contribution in [3.05, 3.63) is 53.1 Å². The summed E-state index contributed by atoms with van der Waals surface area (Å²) in [5, 5.41) is 20.4. The van der Waals surface area contributed by atoms with Crippen LogP contribution in [-0.2, 0) is 0 Å². The van der Waals surface area contributed by atoms with E-state index >= 15 is 0 Å². The van der Waals surface area contributed by atoms with Crippen molar-refractivity contribution in [3.63, 3.8) is 0 Å². The van der Waals surface area contributed by atoms with E-state index in [9.17, 15) is 10.2 Å². The van der Waals surface area contributed by atoms with E-state index in [-0.39, 0.29) is 16.2 Å². The zero-order valence-corrected chi connectivity index (χ0v) is 14.1. The SMILES string of the molecule is COc1ccc2c(c1OC)C(C)SC(c1ccc(O)cc1)C2O. The van der Waals surface area contributed by atoms with E-state index in [0.717, 1.165) is 16.7 Å². The average Bonchev–Trinajstić information content (AvgIpc) is 2.57. The zero-order valence-electron chi connectivity index (χ0n) is 13.3. The van der Waals surface area contributed by atoms with Gasteiger partial charge < -0.3 is 19.7 Å². The van der Waals surface area contributed by atoms with Crippen LogP contribution in [0.3, 0.4) is 0 Å². The number of aliphatic hydroxyl groups is 1. The van der Waals surface area contributed by atoms with Gasteiger partial charge >= 0.3 is 0 Å². The van der Waals surface area contributed by atoms with E-state index in [2.05, 4.69) is 6.92 Å². The fourth-order valence-electron chi connectivity index (χ4n) is 3.09. The number of aromatic hydroxyl groups is 1. The molecule has 3 atom stereocenters. The maximum Gasteiger partial charge on any atom is 0.165 e. The van der Waals surface area contributed by atoms with E-state index in [1.807, 2.05) is 24.3 Å².